The lowest BCUT2D eigenvalue weighted by atomic mass is 10.2. The number of nitrogens with one attached hydrogen (secondary N) is 1. The molecule has 0 saturated heterocycles. The van der Waals surface area contributed by atoms with Gasteiger partial charge in [0.15, 0.2) is 0 Å². The van der Waals surface area contributed by atoms with Crippen molar-refractivity contribution in [3.8, 4) is 16.5 Å². The van der Waals surface area contributed by atoms with E-state index in [0.29, 0.717) is 19.0 Å². The second-order valence-electron chi connectivity index (χ2n) is 6.21. The fourth-order valence-corrected chi connectivity index (χ4v) is 3.46. The van der Waals surface area contributed by atoms with Crippen LogP contribution in [-0.4, -0.2) is 20.9 Å². The maximum atomic E-state index is 12.4. The monoisotopic (exact) mass is 402 g/mol. The Morgan fingerprint density at radius 2 is 1.76 bits per heavy atom. The van der Waals surface area contributed by atoms with Gasteiger partial charge in [-0.05, 0) is 5.56 Å². The number of benzene rings is 2. The molecule has 0 bridgehead atoms. The zero-order chi connectivity index (χ0) is 19.9. The summed E-state index contributed by atoms with van der Waals surface area (Å²) in [6.07, 6.45) is 1.32. The summed E-state index contributed by atoms with van der Waals surface area (Å²) in [5.41, 5.74) is 3.14. The number of rotatable bonds is 7. The van der Waals surface area contributed by atoms with E-state index in [-0.39, 0.29) is 11.6 Å². The smallest absolute Gasteiger partial charge is 0.270 e. The number of carbonyl (C=O) groups excluding carboxylic acids is 1. The number of carbonyl (C=O) groups is 1. The molecule has 29 heavy (non-hydrogen) atoms. The number of hydrogen-bond acceptors (Lipinski definition) is 6. The molecule has 1 amide bonds. The van der Waals surface area contributed by atoms with E-state index >= 15 is 0 Å². The Morgan fingerprint density at radius 1 is 1.00 bits per heavy atom. The van der Waals surface area contributed by atoms with Crippen LogP contribution in [0.3, 0.4) is 0 Å². The standard InChI is InChI=1S/C22H18N4O2S/c27-21(23-12-18-14-29-22(26-18)17-9-5-2-6-10-17)19-11-20(25-15-24-19)28-13-16-7-3-1-4-8-16/h1-11,14-15H,12-13H2,(H,23,27). The highest BCUT2D eigenvalue weighted by Crippen LogP contribution is 2.23. The van der Waals surface area contributed by atoms with Gasteiger partial charge in [0, 0.05) is 17.0 Å². The van der Waals surface area contributed by atoms with Crippen LogP contribution in [0.25, 0.3) is 10.6 Å². The van der Waals surface area contributed by atoms with Gasteiger partial charge in [-0.1, -0.05) is 60.7 Å². The van der Waals surface area contributed by atoms with E-state index in [1.165, 1.54) is 12.4 Å². The lowest BCUT2D eigenvalue weighted by Gasteiger charge is -2.07. The molecule has 0 saturated carbocycles. The molecular weight excluding hydrogens is 384 g/mol. The minimum absolute atomic E-state index is 0.251. The second-order valence-corrected chi connectivity index (χ2v) is 7.07. The lowest BCUT2D eigenvalue weighted by Crippen LogP contribution is -2.24. The third kappa shape index (κ3) is 5.03. The van der Waals surface area contributed by atoms with Gasteiger partial charge in [0.1, 0.15) is 23.6 Å². The molecule has 0 unspecified atom stereocenters. The molecular formula is C22H18N4O2S. The molecule has 0 aliphatic rings. The summed E-state index contributed by atoms with van der Waals surface area (Å²) in [5, 5.41) is 5.71. The Balaban J connectivity index is 1.35. The predicted molar refractivity (Wildman–Crippen MR) is 112 cm³/mol. The molecule has 2 aromatic carbocycles. The van der Waals surface area contributed by atoms with Crippen LogP contribution < -0.4 is 10.1 Å². The van der Waals surface area contributed by atoms with Crippen LogP contribution >= 0.6 is 11.3 Å². The summed E-state index contributed by atoms with van der Waals surface area (Å²) in [6, 6.07) is 21.2. The topological polar surface area (TPSA) is 77.0 Å². The Morgan fingerprint density at radius 3 is 2.55 bits per heavy atom. The number of aromatic nitrogens is 3. The van der Waals surface area contributed by atoms with Gasteiger partial charge in [0.2, 0.25) is 5.88 Å². The summed E-state index contributed by atoms with van der Waals surface area (Å²) < 4.78 is 5.66. The van der Waals surface area contributed by atoms with Gasteiger partial charge in [0.05, 0.1) is 12.2 Å². The van der Waals surface area contributed by atoms with Crippen LogP contribution in [-0.2, 0) is 13.2 Å². The molecule has 2 aromatic heterocycles. The first-order valence-corrected chi connectivity index (χ1v) is 9.93. The van der Waals surface area contributed by atoms with Gasteiger partial charge in [0.25, 0.3) is 5.91 Å². The highest BCUT2D eigenvalue weighted by Gasteiger charge is 2.11. The van der Waals surface area contributed by atoms with E-state index in [0.717, 1.165) is 21.8 Å². The fourth-order valence-electron chi connectivity index (χ4n) is 2.64. The highest BCUT2D eigenvalue weighted by atomic mass is 32.1. The average molecular weight is 402 g/mol. The Labute approximate surface area is 172 Å². The van der Waals surface area contributed by atoms with Gasteiger partial charge in [-0.2, -0.15) is 0 Å². The van der Waals surface area contributed by atoms with Crippen molar-refractivity contribution < 1.29 is 9.53 Å². The van der Waals surface area contributed by atoms with E-state index in [4.69, 9.17) is 4.74 Å². The van der Waals surface area contributed by atoms with Crippen molar-refractivity contribution in [1.29, 1.82) is 0 Å². The highest BCUT2D eigenvalue weighted by molar-refractivity contribution is 7.13. The first kappa shape index (κ1) is 18.8. The molecule has 7 heteroatoms. The average Bonchev–Trinajstić information content (AvgIpc) is 3.27. The third-order valence-electron chi connectivity index (χ3n) is 4.11. The summed E-state index contributed by atoms with van der Waals surface area (Å²) in [6.45, 7) is 0.701. The minimum atomic E-state index is -0.300. The molecule has 0 aliphatic carbocycles. The van der Waals surface area contributed by atoms with Crippen molar-refractivity contribution >= 4 is 17.2 Å². The number of ether oxygens (including phenoxy) is 1. The number of amides is 1. The van der Waals surface area contributed by atoms with Crippen LogP contribution in [0.4, 0.5) is 0 Å². The van der Waals surface area contributed by atoms with Crippen LogP contribution in [0.15, 0.2) is 78.4 Å². The van der Waals surface area contributed by atoms with E-state index in [9.17, 15) is 4.79 Å². The molecule has 6 nitrogen and oxygen atoms in total. The summed E-state index contributed by atoms with van der Waals surface area (Å²) in [7, 11) is 0. The van der Waals surface area contributed by atoms with Gasteiger partial charge >= 0.3 is 0 Å². The molecule has 4 aromatic rings. The summed E-state index contributed by atoms with van der Waals surface area (Å²) in [4.78, 5) is 25.1. The zero-order valence-corrected chi connectivity index (χ0v) is 16.3. The van der Waals surface area contributed by atoms with Crippen molar-refractivity contribution in [1.82, 2.24) is 20.3 Å². The molecule has 1 N–H and O–H groups in total. The quantitative estimate of drug-likeness (QED) is 0.503. The van der Waals surface area contributed by atoms with Crippen molar-refractivity contribution in [3.63, 3.8) is 0 Å². The van der Waals surface area contributed by atoms with Crippen LogP contribution in [0.2, 0.25) is 0 Å². The molecule has 0 spiro atoms. The van der Waals surface area contributed by atoms with Gasteiger partial charge in [-0.25, -0.2) is 15.0 Å². The van der Waals surface area contributed by atoms with Crippen LogP contribution in [0.5, 0.6) is 5.88 Å². The van der Waals surface area contributed by atoms with Gasteiger partial charge in [-0.15, -0.1) is 11.3 Å². The minimum Gasteiger partial charge on any atom is -0.473 e. The van der Waals surface area contributed by atoms with Crippen molar-refractivity contribution in [2.24, 2.45) is 0 Å². The van der Waals surface area contributed by atoms with Crippen LogP contribution in [0.1, 0.15) is 21.7 Å². The second kappa shape index (κ2) is 9.07. The molecule has 0 atom stereocenters. The normalized spacial score (nSPS) is 10.5. The van der Waals surface area contributed by atoms with Crippen molar-refractivity contribution in [3.05, 3.63) is 95.4 Å². The third-order valence-corrected chi connectivity index (χ3v) is 5.05. The maximum absolute atomic E-state index is 12.4. The van der Waals surface area contributed by atoms with Crippen LogP contribution in [0, 0.1) is 0 Å². The lowest BCUT2D eigenvalue weighted by molar-refractivity contribution is 0.0944. The molecule has 0 fully saturated rings. The molecule has 2 heterocycles. The molecule has 4 rings (SSSR count). The fraction of sp³-hybridized carbons (Fsp3) is 0.0909. The van der Waals surface area contributed by atoms with Crippen molar-refractivity contribution in [2.45, 2.75) is 13.2 Å². The summed E-state index contributed by atoms with van der Waals surface area (Å²) >= 11 is 1.55. The molecule has 144 valence electrons. The largest absolute Gasteiger partial charge is 0.473 e. The van der Waals surface area contributed by atoms with E-state index < -0.39 is 0 Å². The van der Waals surface area contributed by atoms with E-state index in [2.05, 4.69) is 20.3 Å². The number of hydrogen-bond donors (Lipinski definition) is 1. The summed E-state index contributed by atoms with van der Waals surface area (Å²) in [5.74, 6) is 0.0558. The van der Waals surface area contributed by atoms with E-state index in [1.807, 2.05) is 66.0 Å². The Hall–Kier alpha value is -3.58. The molecule has 0 radical (unpaired) electrons. The van der Waals surface area contributed by atoms with E-state index in [1.54, 1.807) is 11.3 Å². The number of thiazole rings is 1. The van der Waals surface area contributed by atoms with Gasteiger partial charge in [-0.3, -0.25) is 4.79 Å². The number of nitrogens with zero attached hydrogens (tertiary/aromatic N) is 3. The Kier molecular flexibility index (Phi) is 5.87. The Bertz CT molecular complexity index is 1080. The van der Waals surface area contributed by atoms with Crippen molar-refractivity contribution in [2.75, 3.05) is 0 Å². The predicted octanol–water partition coefficient (Wildman–Crippen LogP) is 4.11. The SMILES string of the molecule is O=C(NCc1csc(-c2ccccc2)n1)c1cc(OCc2ccccc2)ncn1. The first-order valence-electron chi connectivity index (χ1n) is 9.05. The zero-order valence-electron chi connectivity index (χ0n) is 15.5. The molecule has 0 aliphatic heterocycles. The first-order chi connectivity index (χ1) is 14.3. The maximum Gasteiger partial charge on any atom is 0.270 e. The van der Waals surface area contributed by atoms with Gasteiger partial charge < -0.3 is 10.1 Å².